The Morgan fingerprint density at radius 1 is 1.00 bits per heavy atom. The molecule has 0 amide bonds. The van der Waals surface area contributed by atoms with Crippen LogP contribution in [0.4, 0.5) is 0 Å². The van der Waals surface area contributed by atoms with Gasteiger partial charge in [0.05, 0.1) is 0 Å². The van der Waals surface area contributed by atoms with Gasteiger partial charge >= 0.3 is 0 Å². The van der Waals surface area contributed by atoms with Crippen LogP contribution in [0.3, 0.4) is 0 Å². The summed E-state index contributed by atoms with van der Waals surface area (Å²) in [5.41, 5.74) is 5.97. The highest BCUT2D eigenvalue weighted by Gasteiger charge is 2.30. The van der Waals surface area contributed by atoms with Crippen LogP contribution < -0.4 is 10.5 Å². The summed E-state index contributed by atoms with van der Waals surface area (Å²) < 4.78 is 28.7. The molecule has 2 atom stereocenters. The monoisotopic (exact) mass is 261 g/mol. The summed E-state index contributed by atoms with van der Waals surface area (Å²) in [6.07, 6.45) is 7.05. The van der Waals surface area contributed by atoms with E-state index in [0.29, 0.717) is 13.1 Å². The fraction of sp³-hybridized carbons (Fsp3) is 1.00. The maximum atomic E-state index is 12.2. The lowest BCUT2D eigenvalue weighted by Crippen LogP contribution is -2.54. The normalized spacial score (nSPS) is 32.5. The minimum atomic E-state index is -3.31. The van der Waals surface area contributed by atoms with Gasteiger partial charge in [0.15, 0.2) is 0 Å². The first-order valence-electron chi connectivity index (χ1n) is 6.62. The summed E-state index contributed by atoms with van der Waals surface area (Å²) in [5, 5.41) is 0. The predicted molar refractivity (Wildman–Crippen MR) is 67.7 cm³/mol. The van der Waals surface area contributed by atoms with E-state index in [-0.39, 0.29) is 12.1 Å². The molecular formula is C11H23N3O2S. The largest absolute Gasteiger partial charge is 0.326 e. The van der Waals surface area contributed by atoms with Gasteiger partial charge in [-0.3, -0.25) is 0 Å². The maximum Gasteiger partial charge on any atom is 0.279 e. The number of hydrogen-bond donors (Lipinski definition) is 2. The molecule has 1 heterocycles. The number of nitrogens with two attached hydrogens (primary N) is 1. The lowest BCUT2D eigenvalue weighted by Gasteiger charge is -2.33. The standard InChI is InChI=1S/C11H23N3O2S/c12-10-6-2-3-7-11(10)13-17(15,16)14-8-4-1-5-9-14/h10-11,13H,1-9,12H2/t10-,11-/m0/s1. The van der Waals surface area contributed by atoms with Gasteiger partial charge in [0, 0.05) is 25.2 Å². The van der Waals surface area contributed by atoms with Crippen molar-refractivity contribution >= 4 is 10.2 Å². The molecule has 2 aliphatic rings. The maximum absolute atomic E-state index is 12.2. The Morgan fingerprint density at radius 3 is 2.29 bits per heavy atom. The van der Waals surface area contributed by atoms with E-state index < -0.39 is 10.2 Å². The van der Waals surface area contributed by atoms with Crippen molar-refractivity contribution < 1.29 is 8.42 Å². The van der Waals surface area contributed by atoms with Gasteiger partial charge in [0.2, 0.25) is 0 Å². The molecule has 0 aromatic carbocycles. The summed E-state index contributed by atoms with van der Waals surface area (Å²) in [7, 11) is -3.31. The van der Waals surface area contributed by atoms with Crippen molar-refractivity contribution in [3.8, 4) is 0 Å². The third-order valence-corrected chi connectivity index (χ3v) is 5.42. The number of nitrogens with zero attached hydrogens (tertiary/aromatic N) is 1. The lowest BCUT2D eigenvalue weighted by molar-refractivity contribution is 0.319. The molecular weight excluding hydrogens is 238 g/mol. The van der Waals surface area contributed by atoms with Crippen molar-refractivity contribution in [1.82, 2.24) is 9.03 Å². The second-order valence-corrected chi connectivity index (χ2v) is 6.84. The van der Waals surface area contributed by atoms with Crippen LogP contribution in [0.2, 0.25) is 0 Å². The molecule has 1 aliphatic carbocycles. The summed E-state index contributed by atoms with van der Waals surface area (Å²) in [6, 6.07) is -0.0982. The summed E-state index contributed by atoms with van der Waals surface area (Å²) in [4.78, 5) is 0. The molecule has 0 unspecified atom stereocenters. The number of nitrogens with one attached hydrogen (secondary N) is 1. The molecule has 1 aliphatic heterocycles. The number of hydrogen-bond acceptors (Lipinski definition) is 3. The average molecular weight is 261 g/mol. The van der Waals surface area contributed by atoms with E-state index in [1.807, 2.05) is 0 Å². The Labute approximate surface area is 104 Å². The summed E-state index contributed by atoms with van der Waals surface area (Å²) in [6.45, 7) is 1.30. The Hall–Kier alpha value is -0.170. The van der Waals surface area contributed by atoms with Gasteiger partial charge in [0.1, 0.15) is 0 Å². The third-order valence-electron chi connectivity index (χ3n) is 3.77. The van der Waals surface area contributed by atoms with Crippen molar-refractivity contribution in [2.45, 2.75) is 57.0 Å². The topological polar surface area (TPSA) is 75.4 Å². The van der Waals surface area contributed by atoms with E-state index in [1.54, 1.807) is 4.31 Å². The Balaban J connectivity index is 1.95. The van der Waals surface area contributed by atoms with Crippen LogP contribution >= 0.6 is 0 Å². The molecule has 0 aromatic rings. The SMILES string of the molecule is N[C@H]1CCCC[C@@H]1NS(=O)(=O)N1CCCCC1. The van der Waals surface area contributed by atoms with Crippen LogP contribution in [0.1, 0.15) is 44.9 Å². The van der Waals surface area contributed by atoms with Gasteiger partial charge in [-0.05, 0) is 25.7 Å². The Morgan fingerprint density at radius 2 is 1.65 bits per heavy atom. The molecule has 0 aromatic heterocycles. The van der Waals surface area contributed by atoms with E-state index in [4.69, 9.17) is 5.73 Å². The molecule has 2 fully saturated rings. The van der Waals surface area contributed by atoms with Crippen molar-refractivity contribution in [1.29, 1.82) is 0 Å². The van der Waals surface area contributed by atoms with Gasteiger partial charge < -0.3 is 5.73 Å². The fourth-order valence-corrected chi connectivity index (χ4v) is 4.24. The molecule has 0 radical (unpaired) electrons. The Kier molecular flexibility index (Phi) is 4.41. The molecule has 100 valence electrons. The van der Waals surface area contributed by atoms with Crippen LogP contribution in [0.25, 0.3) is 0 Å². The minimum Gasteiger partial charge on any atom is -0.326 e. The summed E-state index contributed by atoms with van der Waals surface area (Å²) >= 11 is 0. The highest BCUT2D eigenvalue weighted by molar-refractivity contribution is 7.87. The Bertz CT molecular complexity index is 339. The van der Waals surface area contributed by atoms with E-state index >= 15 is 0 Å². The van der Waals surface area contributed by atoms with Crippen molar-refractivity contribution in [3.63, 3.8) is 0 Å². The summed E-state index contributed by atoms with van der Waals surface area (Å²) in [5.74, 6) is 0. The molecule has 5 nitrogen and oxygen atoms in total. The molecule has 17 heavy (non-hydrogen) atoms. The van der Waals surface area contributed by atoms with Crippen LogP contribution in [0, 0.1) is 0 Å². The zero-order valence-corrected chi connectivity index (χ0v) is 11.1. The molecule has 0 bridgehead atoms. The highest BCUT2D eigenvalue weighted by atomic mass is 32.2. The molecule has 3 N–H and O–H groups in total. The quantitative estimate of drug-likeness (QED) is 0.780. The molecule has 1 saturated heterocycles. The van der Waals surface area contributed by atoms with E-state index in [1.165, 1.54) is 0 Å². The highest BCUT2D eigenvalue weighted by Crippen LogP contribution is 2.19. The van der Waals surface area contributed by atoms with Crippen LogP contribution in [-0.4, -0.2) is 37.9 Å². The van der Waals surface area contributed by atoms with Crippen molar-refractivity contribution in [2.24, 2.45) is 5.73 Å². The van der Waals surface area contributed by atoms with Gasteiger partial charge in [-0.2, -0.15) is 17.4 Å². The van der Waals surface area contributed by atoms with Gasteiger partial charge in [-0.1, -0.05) is 19.3 Å². The van der Waals surface area contributed by atoms with Crippen molar-refractivity contribution in [3.05, 3.63) is 0 Å². The average Bonchev–Trinajstić information content (AvgIpc) is 2.33. The lowest BCUT2D eigenvalue weighted by atomic mass is 9.92. The first-order chi connectivity index (χ1) is 8.09. The smallest absolute Gasteiger partial charge is 0.279 e. The fourth-order valence-electron chi connectivity index (χ4n) is 2.68. The van der Waals surface area contributed by atoms with E-state index in [2.05, 4.69) is 4.72 Å². The minimum absolute atomic E-state index is 0.0247. The zero-order valence-electron chi connectivity index (χ0n) is 10.3. The second-order valence-electron chi connectivity index (χ2n) is 5.14. The number of piperidine rings is 1. The van der Waals surface area contributed by atoms with Crippen LogP contribution in [0.5, 0.6) is 0 Å². The number of rotatable bonds is 3. The molecule has 1 saturated carbocycles. The second kappa shape index (κ2) is 5.65. The van der Waals surface area contributed by atoms with Gasteiger partial charge in [0.25, 0.3) is 10.2 Å². The predicted octanol–water partition coefficient (Wildman–Crippen LogP) is 0.577. The zero-order chi connectivity index (χ0) is 12.3. The first-order valence-corrected chi connectivity index (χ1v) is 8.06. The first kappa shape index (κ1) is 13.3. The molecule has 6 heteroatoms. The van der Waals surface area contributed by atoms with Crippen LogP contribution in [0.15, 0.2) is 0 Å². The third kappa shape index (κ3) is 3.40. The van der Waals surface area contributed by atoms with E-state index in [9.17, 15) is 8.42 Å². The van der Waals surface area contributed by atoms with Gasteiger partial charge in [-0.15, -0.1) is 0 Å². The molecule has 0 spiro atoms. The van der Waals surface area contributed by atoms with E-state index in [0.717, 1.165) is 44.9 Å². The van der Waals surface area contributed by atoms with Gasteiger partial charge in [-0.25, -0.2) is 0 Å². The van der Waals surface area contributed by atoms with Crippen molar-refractivity contribution in [2.75, 3.05) is 13.1 Å². The van der Waals surface area contributed by atoms with Crippen LogP contribution in [-0.2, 0) is 10.2 Å². The molecule has 2 rings (SSSR count).